The molecule has 1 saturated carbocycles. The van der Waals surface area contributed by atoms with Gasteiger partial charge in [-0.1, -0.05) is 72.6 Å². The summed E-state index contributed by atoms with van der Waals surface area (Å²) in [6.07, 6.45) is 10.1. The zero-order chi connectivity index (χ0) is 41.8. The lowest BCUT2D eigenvalue weighted by atomic mass is 9.55. The minimum Gasteiger partial charge on any atom is -0.459 e. The highest BCUT2D eigenvalue weighted by atomic mass is 16.7. The van der Waals surface area contributed by atoms with E-state index in [1.807, 2.05) is 42.5 Å². The van der Waals surface area contributed by atoms with Crippen molar-refractivity contribution in [1.29, 1.82) is 0 Å². The number of amides is 1. The molecule has 2 aliphatic carbocycles. The number of carbonyl (C=O) groups is 1. The molecule has 13 nitrogen and oxygen atoms in total. The molecule has 3 aromatic carbocycles. The number of non-ortho nitro benzene ring substituents is 1. The SMILES string of the molecule is C=CCCOC(=O)N(C)[C@H]1CC(=NOCc2ccccc2)C2=C[C@H](CCCCO)[C@@H](CCCCO)[C@@H]3c4cc(Oc5cccc([N+](=O)[O-])c5)ccc4O[C@@]1(OCC=C)[C@H]23. The van der Waals surface area contributed by atoms with Crippen molar-refractivity contribution < 1.29 is 43.7 Å². The summed E-state index contributed by atoms with van der Waals surface area (Å²) in [4.78, 5) is 32.7. The van der Waals surface area contributed by atoms with Gasteiger partial charge in [0.05, 0.1) is 35.8 Å². The van der Waals surface area contributed by atoms with E-state index in [2.05, 4.69) is 19.2 Å². The Balaban J connectivity index is 1.54. The summed E-state index contributed by atoms with van der Waals surface area (Å²) in [7, 11) is 1.68. The van der Waals surface area contributed by atoms with Crippen LogP contribution in [-0.4, -0.2) is 77.1 Å². The predicted octanol–water partition coefficient (Wildman–Crippen LogP) is 8.87. The molecule has 3 aromatic rings. The standard InChI is InChI=1S/C46H55N3O10/c1-4-6-26-55-45(52)48(3)42-30-40(47-57-31-32-15-8-7-9-16-32)38-27-33(17-10-12-23-50)37(20-11-13-24-51)43-39-29-36(58-35-19-14-18-34(28-35)49(53)54)21-22-41(39)59-46(42,44(38)43)56-25-5-2/h4-5,7-9,14-16,18-19,21-22,27-29,33,37,42-44,50-51H,1-2,6,10-13,17,20,23-26,30-31H2,3H3/t33-,37+,42-,43+,44+,46+/m0/s1. The highest BCUT2D eigenvalue weighted by Gasteiger charge is 2.65. The van der Waals surface area contributed by atoms with Gasteiger partial charge >= 0.3 is 6.09 Å². The number of nitro groups is 1. The number of hydrogen-bond donors (Lipinski definition) is 2. The number of benzene rings is 3. The number of aliphatic hydroxyl groups excluding tert-OH is 2. The Morgan fingerprint density at radius 1 is 1.00 bits per heavy atom. The molecule has 13 heteroatoms. The quantitative estimate of drug-likeness (QED) is 0.0460. The van der Waals surface area contributed by atoms with Crippen molar-refractivity contribution in [2.24, 2.45) is 22.9 Å². The van der Waals surface area contributed by atoms with E-state index in [-0.39, 0.29) is 62.9 Å². The molecular weight excluding hydrogens is 755 g/mol. The molecule has 314 valence electrons. The monoisotopic (exact) mass is 809 g/mol. The molecule has 0 aromatic heterocycles. The van der Waals surface area contributed by atoms with Crippen LogP contribution in [0.25, 0.3) is 0 Å². The van der Waals surface area contributed by atoms with E-state index >= 15 is 0 Å². The lowest BCUT2D eigenvalue weighted by Gasteiger charge is -2.59. The first-order chi connectivity index (χ1) is 28.7. The second-order valence-electron chi connectivity index (χ2n) is 15.2. The largest absolute Gasteiger partial charge is 0.459 e. The topological polar surface area (TPSA) is 162 Å². The lowest BCUT2D eigenvalue weighted by molar-refractivity contribution is -0.384. The van der Waals surface area contributed by atoms with Crippen LogP contribution in [0, 0.1) is 27.9 Å². The van der Waals surface area contributed by atoms with Crippen molar-refractivity contribution in [3.8, 4) is 17.2 Å². The fraction of sp³-hybridized carbons (Fsp3) is 0.435. The van der Waals surface area contributed by atoms with Crippen LogP contribution in [0.2, 0.25) is 0 Å². The summed E-state index contributed by atoms with van der Waals surface area (Å²) in [5.74, 6) is -0.932. The van der Waals surface area contributed by atoms with Gasteiger partial charge in [-0.3, -0.25) is 10.1 Å². The summed E-state index contributed by atoms with van der Waals surface area (Å²) in [6, 6.07) is 20.6. The maximum atomic E-state index is 13.9. The number of hydrogen-bond acceptors (Lipinski definition) is 11. The van der Waals surface area contributed by atoms with Gasteiger partial charge in [-0.25, -0.2) is 4.79 Å². The number of nitrogens with zero attached hydrogens (tertiary/aromatic N) is 3. The fourth-order valence-corrected chi connectivity index (χ4v) is 8.81. The summed E-state index contributed by atoms with van der Waals surface area (Å²) < 4.78 is 26.1. The number of nitro benzene ring substituents is 1. The molecule has 0 saturated heterocycles. The van der Waals surface area contributed by atoms with Gasteiger partial charge in [0, 0.05) is 44.2 Å². The maximum absolute atomic E-state index is 13.9. The Morgan fingerprint density at radius 3 is 2.49 bits per heavy atom. The van der Waals surface area contributed by atoms with E-state index in [0.29, 0.717) is 42.2 Å². The van der Waals surface area contributed by atoms with Gasteiger partial charge in [0.2, 0.25) is 5.79 Å². The summed E-state index contributed by atoms with van der Waals surface area (Å²) >= 11 is 0. The first-order valence-corrected chi connectivity index (χ1v) is 20.4. The van der Waals surface area contributed by atoms with Crippen LogP contribution in [0.5, 0.6) is 17.2 Å². The highest BCUT2D eigenvalue weighted by molar-refractivity contribution is 6.03. The average molecular weight is 810 g/mol. The van der Waals surface area contributed by atoms with E-state index in [4.69, 9.17) is 28.9 Å². The van der Waals surface area contributed by atoms with Crippen LogP contribution in [0.4, 0.5) is 10.5 Å². The van der Waals surface area contributed by atoms with Gasteiger partial charge in [0.1, 0.15) is 29.9 Å². The lowest BCUT2D eigenvalue weighted by Crippen LogP contribution is -2.69. The third kappa shape index (κ3) is 9.86. The van der Waals surface area contributed by atoms with Crippen molar-refractivity contribution in [1.82, 2.24) is 4.90 Å². The number of carbonyl (C=O) groups excluding carboxylic acids is 1. The smallest absolute Gasteiger partial charge is 0.409 e. The number of fused-ring (bicyclic) bond motifs is 2. The highest BCUT2D eigenvalue weighted by Crippen LogP contribution is 2.62. The van der Waals surface area contributed by atoms with Crippen LogP contribution in [0.3, 0.4) is 0 Å². The summed E-state index contributed by atoms with van der Waals surface area (Å²) in [5, 5.41) is 36.2. The molecular formula is C46H55N3O10. The van der Waals surface area contributed by atoms with Crippen molar-refractivity contribution in [2.75, 3.05) is 33.5 Å². The van der Waals surface area contributed by atoms with Crippen molar-refractivity contribution >= 4 is 17.5 Å². The average Bonchev–Trinajstić information content (AvgIpc) is 3.24. The molecule has 1 amide bonds. The number of aliphatic hydroxyl groups is 2. The predicted molar refractivity (Wildman–Crippen MR) is 223 cm³/mol. The van der Waals surface area contributed by atoms with Crippen LogP contribution in [0.1, 0.15) is 68.4 Å². The first-order valence-electron chi connectivity index (χ1n) is 20.4. The molecule has 59 heavy (non-hydrogen) atoms. The second kappa shape index (κ2) is 20.5. The molecule has 6 rings (SSSR count). The normalized spacial score (nSPS) is 23.5. The molecule has 0 bridgehead atoms. The molecule has 0 unspecified atom stereocenters. The van der Waals surface area contributed by atoms with Crippen LogP contribution in [0.15, 0.2) is 115 Å². The van der Waals surface area contributed by atoms with E-state index in [0.717, 1.165) is 42.4 Å². The molecule has 1 fully saturated rings. The Hall–Kier alpha value is -5.50. The van der Waals surface area contributed by atoms with Crippen LogP contribution >= 0.6 is 0 Å². The number of oxime groups is 1. The van der Waals surface area contributed by atoms with E-state index in [9.17, 15) is 25.1 Å². The zero-order valence-corrected chi connectivity index (χ0v) is 33.7. The third-order valence-electron chi connectivity index (χ3n) is 11.5. The van der Waals surface area contributed by atoms with Crippen LogP contribution in [-0.2, 0) is 20.9 Å². The molecule has 1 heterocycles. The van der Waals surface area contributed by atoms with E-state index in [1.165, 1.54) is 17.0 Å². The molecule has 3 aliphatic rings. The van der Waals surface area contributed by atoms with Crippen molar-refractivity contribution in [3.63, 3.8) is 0 Å². The van der Waals surface area contributed by atoms with Gasteiger partial charge in [-0.05, 0) is 79.3 Å². The maximum Gasteiger partial charge on any atom is 0.409 e. The van der Waals surface area contributed by atoms with Crippen LogP contribution < -0.4 is 9.47 Å². The van der Waals surface area contributed by atoms with Gasteiger partial charge in [-0.2, -0.15) is 0 Å². The number of rotatable bonds is 21. The summed E-state index contributed by atoms with van der Waals surface area (Å²) in [6.45, 7) is 8.35. The minimum absolute atomic E-state index is 0.00787. The first kappa shape index (κ1) is 43.1. The molecule has 0 spiro atoms. The van der Waals surface area contributed by atoms with Crippen molar-refractivity contribution in [2.45, 2.75) is 75.7 Å². The van der Waals surface area contributed by atoms with Gasteiger partial charge in [0.25, 0.3) is 5.69 Å². The number of ether oxygens (including phenoxy) is 4. The zero-order valence-electron chi connectivity index (χ0n) is 33.7. The Labute approximate surface area is 345 Å². The van der Waals surface area contributed by atoms with E-state index < -0.39 is 28.8 Å². The molecule has 0 radical (unpaired) electrons. The minimum atomic E-state index is -1.45. The summed E-state index contributed by atoms with van der Waals surface area (Å²) in [5.41, 5.74) is 3.25. The number of unbranched alkanes of at least 4 members (excludes halogenated alkanes) is 2. The molecule has 2 N–H and O–H groups in total. The van der Waals surface area contributed by atoms with E-state index in [1.54, 1.807) is 37.4 Å². The van der Waals surface area contributed by atoms with Crippen molar-refractivity contribution in [3.05, 3.63) is 131 Å². The Kier molecular flexibility index (Phi) is 14.9. The molecule has 1 aliphatic heterocycles. The number of likely N-dealkylation sites (N-methyl/N-ethyl adjacent to an activating group) is 1. The Bertz CT molecular complexity index is 1990. The fourth-order valence-electron chi connectivity index (χ4n) is 8.81. The van der Waals surface area contributed by atoms with Gasteiger partial charge in [0.15, 0.2) is 0 Å². The number of allylic oxidation sites excluding steroid dienone is 1. The molecule has 6 atom stereocenters. The Morgan fingerprint density at radius 2 is 1.76 bits per heavy atom. The third-order valence-corrected chi connectivity index (χ3v) is 11.5. The second-order valence-corrected chi connectivity index (χ2v) is 15.2. The van der Waals surface area contributed by atoms with Gasteiger partial charge in [-0.15, -0.1) is 13.2 Å². The van der Waals surface area contributed by atoms with Gasteiger partial charge < -0.3 is 38.9 Å².